The molecule has 10 heteroatoms. The molecule has 0 fully saturated rings. The Morgan fingerprint density at radius 2 is 1.93 bits per heavy atom. The Hall–Kier alpha value is -4.28. The average Bonchev–Trinajstić information content (AvgIpc) is 3.47. The molecule has 0 saturated heterocycles. The number of β-amino-alcohol motifs (C(OH)–C–C–N with tert-alkyl or cyclic N) is 1. The minimum atomic E-state index is -0.761. The normalized spacial score (nSPS) is 17.3. The first kappa shape index (κ1) is 31.2. The summed E-state index contributed by atoms with van der Waals surface area (Å²) in [5, 5.41) is 19.0. The number of fused-ring (bicyclic) bond motifs is 1. The summed E-state index contributed by atoms with van der Waals surface area (Å²) in [5.74, 6) is -0.876. The van der Waals surface area contributed by atoms with Crippen molar-refractivity contribution >= 4 is 29.2 Å². The van der Waals surface area contributed by atoms with Crippen LogP contribution in [0.15, 0.2) is 71.7 Å². The molecule has 2 heterocycles. The van der Waals surface area contributed by atoms with Crippen molar-refractivity contribution in [2.45, 2.75) is 64.3 Å². The molecule has 0 aliphatic carbocycles. The number of carbonyl (C=O) groups excluding carboxylic acids is 2. The summed E-state index contributed by atoms with van der Waals surface area (Å²) in [6, 6.07) is 20.1. The quantitative estimate of drug-likeness (QED) is 0.274. The lowest BCUT2D eigenvalue weighted by Crippen LogP contribution is -2.51. The van der Waals surface area contributed by atoms with E-state index in [1.807, 2.05) is 62.4 Å². The van der Waals surface area contributed by atoms with Gasteiger partial charge in [0.15, 0.2) is 0 Å². The van der Waals surface area contributed by atoms with Crippen molar-refractivity contribution < 1.29 is 23.8 Å². The van der Waals surface area contributed by atoms with Gasteiger partial charge in [0.2, 0.25) is 11.8 Å². The SMILES string of the molecule is C[C@@H](O)CNC(C)(C)CC(=O)N[C@@H]1CCc2cc(F)ccc2N(Cc2ccc(-c3ccccc3NC3=NCCO3)cc2)C1=O. The third-order valence-electron chi connectivity index (χ3n) is 7.77. The van der Waals surface area contributed by atoms with Crippen molar-refractivity contribution in [1.29, 1.82) is 0 Å². The Morgan fingerprint density at radius 3 is 2.66 bits per heavy atom. The molecular formula is C34H40FN5O4. The van der Waals surface area contributed by atoms with Crippen LogP contribution in [0.2, 0.25) is 0 Å². The number of hydrogen-bond acceptors (Lipinski definition) is 7. The first-order chi connectivity index (χ1) is 21.1. The number of anilines is 2. The van der Waals surface area contributed by atoms with Crippen molar-refractivity contribution in [2.24, 2.45) is 4.99 Å². The fraction of sp³-hybridized carbons (Fsp3) is 0.382. The van der Waals surface area contributed by atoms with Crippen molar-refractivity contribution in [3.8, 4) is 11.1 Å². The zero-order valence-corrected chi connectivity index (χ0v) is 25.4. The van der Waals surface area contributed by atoms with E-state index in [2.05, 4.69) is 20.9 Å². The van der Waals surface area contributed by atoms with Crippen LogP contribution in [0, 0.1) is 5.82 Å². The summed E-state index contributed by atoms with van der Waals surface area (Å²) in [6.45, 7) is 7.24. The van der Waals surface area contributed by atoms with E-state index in [-0.39, 0.29) is 30.6 Å². The molecule has 0 spiro atoms. The van der Waals surface area contributed by atoms with Crippen LogP contribution in [0.1, 0.15) is 44.7 Å². The van der Waals surface area contributed by atoms with Gasteiger partial charge in [-0.15, -0.1) is 0 Å². The minimum absolute atomic E-state index is 0.127. The highest BCUT2D eigenvalue weighted by Gasteiger charge is 2.33. The minimum Gasteiger partial charge on any atom is -0.463 e. The number of aliphatic hydroxyl groups is 1. The molecule has 4 N–H and O–H groups in total. The maximum Gasteiger partial charge on any atom is 0.289 e. The number of aliphatic hydroxyl groups excluding tert-OH is 1. The molecule has 0 saturated carbocycles. The van der Waals surface area contributed by atoms with Gasteiger partial charge in [0.05, 0.1) is 24.9 Å². The van der Waals surface area contributed by atoms with Crippen molar-refractivity contribution in [3.63, 3.8) is 0 Å². The van der Waals surface area contributed by atoms with E-state index in [1.165, 1.54) is 12.1 Å². The highest BCUT2D eigenvalue weighted by molar-refractivity contribution is 6.00. The topological polar surface area (TPSA) is 115 Å². The molecule has 44 heavy (non-hydrogen) atoms. The van der Waals surface area contributed by atoms with Gasteiger partial charge >= 0.3 is 0 Å². The van der Waals surface area contributed by atoms with Gasteiger partial charge < -0.3 is 30.7 Å². The zero-order valence-electron chi connectivity index (χ0n) is 25.4. The van der Waals surface area contributed by atoms with Crippen LogP contribution in [-0.4, -0.2) is 60.3 Å². The molecule has 2 atom stereocenters. The molecule has 3 aromatic rings. The van der Waals surface area contributed by atoms with Crippen molar-refractivity contribution in [1.82, 2.24) is 10.6 Å². The van der Waals surface area contributed by atoms with Crippen LogP contribution < -0.4 is 20.9 Å². The van der Waals surface area contributed by atoms with Gasteiger partial charge in [0, 0.05) is 29.8 Å². The average molecular weight is 602 g/mol. The van der Waals surface area contributed by atoms with Gasteiger partial charge in [-0.2, -0.15) is 0 Å². The summed E-state index contributed by atoms with van der Waals surface area (Å²) < 4.78 is 19.8. The van der Waals surface area contributed by atoms with E-state index in [9.17, 15) is 19.1 Å². The van der Waals surface area contributed by atoms with Crippen LogP contribution in [-0.2, 0) is 27.3 Å². The summed E-state index contributed by atoms with van der Waals surface area (Å²) in [4.78, 5) is 33.0. The van der Waals surface area contributed by atoms with Gasteiger partial charge in [-0.3, -0.25) is 9.59 Å². The molecule has 0 unspecified atom stereocenters. The fourth-order valence-electron chi connectivity index (χ4n) is 5.52. The van der Waals surface area contributed by atoms with E-state index in [0.29, 0.717) is 44.2 Å². The van der Waals surface area contributed by atoms with Crippen molar-refractivity contribution in [2.75, 3.05) is 29.9 Å². The number of amidine groups is 1. The summed E-state index contributed by atoms with van der Waals surface area (Å²) in [7, 11) is 0. The molecule has 0 bridgehead atoms. The number of carbonyl (C=O) groups is 2. The Morgan fingerprint density at radius 1 is 1.16 bits per heavy atom. The number of aryl methyl sites for hydroxylation is 1. The third kappa shape index (κ3) is 7.81. The smallest absolute Gasteiger partial charge is 0.289 e. The van der Waals surface area contributed by atoms with Crippen LogP contribution in [0.25, 0.3) is 11.1 Å². The lowest BCUT2D eigenvalue weighted by molar-refractivity contribution is -0.128. The first-order valence-electron chi connectivity index (χ1n) is 15.0. The van der Waals surface area contributed by atoms with E-state index in [1.54, 1.807) is 17.9 Å². The Balaban J connectivity index is 1.34. The predicted octanol–water partition coefficient (Wildman–Crippen LogP) is 4.39. The van der Waals surface area contributed by atoms with Crippen LogP contribution in [0.3, 0.4) is 0 Å². The summed E-state index contributed by atoms with van der Waals surface area (Å²) in [6.07, 6.45) is 0.385. The lowest BCUT2D eigenvalue weighted by atomic mass is 9.99. The molecule has 2 amide bonds. The molecule has 0 aromatic heterocycles. The first-order valence-corrected chi connectivity index (χ1v) is 15.0. The number of hydrogen-bond donors (Lipinski definition) is 4. The second-order valence-electron chi connectivity index (χ2n) is 12.0. The van der Waals surface area contributed by atoms with E-state index in [4.69, 9.17) is 4.74 Å². The van der Waals surface area contributed by atoms with Crippen LogP contribution in [0.5, 0.6) is 0 Å². The van der Waals surface area contributed by atoms with E-state index >= 15 is 0 Å². The Labute approximate surface area is 257 Å². The molecule has 5 rings (SSSR count). The standard InChI is InChI=1S/C34H40FN5O4/c1-22(41)20-37-34(2,3)19-31(42)38-29-14-12-25-18-26(35)13-15-30(25)40(32(29)43)21-23-8-10-24(11-9-23)27-6-4-5-7-28(27)39-33-36-16-17-44-33/h4-11,13,15,18,22,29,37,41H,12,14,16-17,19-21H2,1-3H3,(H,36,39)(H,38,42)/t22-,29-/m1/s1. The third-order valence-corrected chi connectivity index (χ3v) is 7.77. The number of amides is 2. The molecule has 0 radical (unpaired) electrons. The van der Waals surface area contributed by atoms with Gasteiger partial charge in [-0.25, -0.2) is 9.38 Å². The number of nitrogens with zero attached hydrogens (tertiary/aromatic N) is 2. The number of benzene rings is 3. The highest BCUT2D eigenvalue weighted by atomic mass is 19.1. The van der Waals surface area contributed by atoms with E-state index < -0.39 is 17.7 Å². The molecule has 2 aliphatic heterocycles. The molecule has 2 aliphatic rings. The number of aliphatic imine (C=N–C) groups is 1. The monoisotopic (exact) mass is 601 g/mol. The number of ether oxygens (including phenoxy) is 1. The maximum absolute atomic E-state index is 14.2. The van der Waals surface area contributed by atoms with Gasteiger partial charge in [-0.1, -0.05) is 42.5 Å². The highest BCUT2D eigenvalue weighted by Crippen LogP contribution is 2.32. The summed E-state index contributed by atoms with van der Waals surface area (Å²) in [5.41, 5.74) is 4.53. The van der Waals surface area contributed by atoms with Gasteiger partial charge in [0.1, 0.15) is 18.5 Å². The summed E-state index contributed by atoms with van der Waals surface area (Å²) >= 11 is 0. The zero-order chi connectivity index (χ0) is 31.3. The number of para-hydroxylation sites is 1. The predicted molar refractivity (Wildman–Crippen MR) is 170 cm³/mol. The lowest BCUT2D eigenvalue weighted by Gasteiger charge is -2.29. The second-order valence-corrected chi connectivity index (χ2v) is 12.0. The van der Waals surface area contributed by atoms with Crippen LogP contribution in [0.4, 0.5) is 15.8 Å². The largest absolute Gasteiger partial charge is 0.463 e. The maximum atomic E-state index is 14.2. The Kier molecular flexibility index (Phi) is 9.61. The Bertz CT molecular complexity index is 1520. The van der Waals surface area contributed by atoms with E-state index in [0.717, 1.165) is 27.9 Å². The number of nitrogens with one attached hydrogen (secondary N) is 3. The van der Waals surface area contributed by atoms with Crippen LogP contribution >= 0.6 is 0 Å². The van der Waals surface area contributed by atoms with Gasteiger partial charge in [0.25, 0.3) is 6.02 Å². The fourth-order valence-corrected chi connectivity index (χ4v) is 5.52. The molecule has 9 nitrogen and oxygen atoms in total. The number of rotatable bonds is 10. The second kappa shape index (κ2) is 13.6. The number of halogens is 1. The molecule has 3 aromatic carbocycles. The van der Waals surface area contributed by atoms with Gasteiger partial charge in [-0.05, 0) is 74.6 Å². The molecular weight excluding hydrogens is 561 g/mol. The molecule has 232 valence electrons. The van der Waals surface area contributed by atoms with Crippen molar-refractivity contribution in [3.05, 3.63) is 83.7 Å².